The molecule has 0 aromatic heterocycles. The lowest BCUT2D eigenvalue weighted by Crippen LogP contribution is -2.02. The Hall–Kier alpha value is -3.70. The van der Waals surface area contributed by atoms with Gasteiger partial charge in [-0.25, -0.2) is 0 Å². The lowest BCUT2D eigenvalue weighted by molar-refractivity contribution is -0.393. The van der Waals surface area contributed by atoms with Crippen LogP contribution in [0.15, 0.2) is 64.2 Å². The van der Waals surface area contributed by atoms with Crippen molar-refractivity contribution in [1.82, 2.24) is 0 Å². The van der Waals surface area contributed by atoms with Gasteiger partial charge in [-0.05, 0) is 47.1 Å². The fourth-order valence-corrected chi connectivity index (χ4v) is 3.47. The number of hydrogen-bond acceptors (Lipinski definition) is 8. The zero-order chi connectivity index (χ0) is 24.7. The molecule has 0 fully saturated rings. The van der Waals surface area contributed by atoms with Crippen molar-refractivity contribution in [2.75, 3.05) is 12.0 Å². The maximum Gasteiger partial charge on any atom is 0.301 e. The van der Waals surface area contributed by atoms with Crippen molar-refractivity contribution in [3.05, 3.63) is 95.4 Å². The fourth-order valence-electron chi connectivity index (χ4n) is 2.85. The zero-order valence-electron chi connectivity index (χ0n) is 17.7. The third-order valence-corrected chi connectivity index (χ3v) is 5.54. The van der Waals surface area contributed by atoms with Crippen molar-refractivity contribution < 1.29 is 19.3 Å². The topological polar surface area (TPSA) is 129 Å². The molecule has 3 aromatic rings. The number of hydrazone groups is 1. The van der Waals surface area contributed by atoms with Gasteiger partial charge in [0.15, 0.2) is 11.5 Å². The van der Waals surface area contributed by atoms with Gasteiger partial charge in [0.2, 0.25) is 0 Å². The maximum absolute atomic E-state index is 11.3. The van der Waals surface area contributed by atoms with Gasteiger partial charge >= 0.3 is 5.69 Å². The van der Waals surface area contributed by atoms with Crippen molar-refractivity contribution in [3.8, 4) is 11.5 Å². The molecule has 0 aliphatic rings. The molecule has 0 bridgehead atoms. The van der Waals surface area contributed by atoms with E-state index in [4.69, 9.17) is 21.1 Å². The number of non-ortho nitro benzene ring substituents is 1. The van der Waals surface area contributed by atoms with Gasteiger partial charge in [0.05, 0.1) is 28.7 Å². The number of nitrogens with zero attached hydrogens (tertiary/aromatic N) is 3. The Kier molecular flexibility index (Phi) is 8.39. The second kappa shape index (κ2) is 11.4. The summed E-state index contributed by atoms with van der Waals surface area (Å²) in [7, 11) is 0. The van der Waals surface area contributed by atoms with Gasteiger partial charge in [-0.2, -0.15) is 5.10 Å². The molecule has 0 heterocycles. The van der Waals surface area contributed by atoms with E-state index in [1.165, 1.54) is 12.3 Å². The van der Waals surface area contributed by atoms with E-state index in [0.29, 0.717) is 33.2 Å². The van der Waals surface area contributed by atoms with Crippen LogP contribution >= 0.6 is 27.5 Å². The van der Waals surface area contributed by atoms with Crippen LogP contribution in [0.4, 0.5) is 17.1 Å². The number of nitro benzene ring substituents is 2. The van der Waals surface area contributed by atoms with Crippen LogP contribution in [0.5, 0.6) is 11.5 Å². The monoisotopic (exact) mass is 548 g/mol. The highest BCUT2D eigenvalue weighted by Crippen LogP contribution is 2.34. The summed E-state index contributed by atoms with van der Waals surface area (Å²) in [6.45, 7) is 2.47. The van der Waals surface area contributed by atoms with Gasteiger partial charge in [-0.15, -0.1) is 0 Å². The lowest BCUT2D eigenvalue weighted by Gasteiger charge is -2.14. The Labute approximate surface area is 207 Å². The van der Waals surface area contributed by atoms with Crippen LogP contribution in [-0.4, -0.2) is 22.7 Å². The van der Waals surface area contributed by atoms with E-state index in [2.05, 4.69) is 26.5 Å². The fraction of sp³-hybridized carbons (Fsp3) is 0.136. The second-order valence-corrected chi connectivity index (χ2v) is 7.98. The minimum atomic E-state index is -0.723. The molecule has 0 radical (unpaired) electrons. The minimum Gasteiger partial charge on any atom is -0.490 e. The average molecular weight is 550 g/mol. The third-order valence-electron chi connectivity index (χ3n) is 4.48. The molecular weight excluding hydrogens is 532 g/mol. The van der Waals surface area contributed by atoms with E-state index in [1.54, 1.807) is 18.2 Å². The molecule has 0 aliphatic heterocycles. The molecule has 0 amide bonds. The predicted molar refractivity (Wildman–Crippen MR) is 132 cm³/mol. The number of ether oxygens (including phenoxy) is 2. The summed E-state index contributed by atoms with van der Waals surface area (Å²) in [5.41, 5.74) is 3.12. The van der Waals surface area contributed by atoms with Gasteiger partial charge in [-0.3, -0.25) is 25.7 Å². The number of benzene rings is 3. The first-order valence-electron chi connectivity index (χ1n) is 9.84. The molecule has 0 atom stereocenters. The van der Waals surface area contributed by atoms with E-state index in [9.17, 15) is 20.2 Å². The van der Waals surface area contributed by atoms with E-state index < -0.39 is 21.2 Å². The minimum absolute atomic E-state index is 0.00713. The Morgan fingerprint density at radius 3 is 2.47 bits per heavy atom. The Morgan fingerprint density at radius 2 is 1.79 bits per heavy atom. The van der Waals surface area contributed by atoms with Crippen LogP contribution in [0.2, 0.25) is 5.02 Å². The summed E-state index contributed by atoms with van der Waals surface area (Å²) in [5.74, 6) is 0.963. The SMILES string of the molecule is CCOc1cc(/C=N/Nc2ccc([N+](=O)[O-])cc2[N+](=O)[O-])c(Br)cc1OCc1ccccc1Cl. The van der Waals surface area contributed by atoms with Gasteiger partial charge in [-0.1, -0.05) is 29.8 Å². The van der Waals surface area contributed by atoms with Crippen molar-refractivity contribution in [1.29, 1.82) is 0 Å². The molecule has 1 N–H and O–H groups in total. The van der Waals surface area contributed by atoms with Crippen molar-refractivity contribution in [2.24, 2.45) is 5.10 Å². The maximum atomic E-state index is 11.3. The van der Waals surface area contributed by atoms with Crippen LogP contribution in [-0.2, 0) is 6.61 Å². The summed E-state index contributed by atoms with van der Waals surface area (Å²) in [6, 6.07) is 14.0. The van der Waals surface area contributed by atoms with E-state index in [0.717, 1.165) is 17.7 Å². The number of nitro groups is 2. The molecule has 0 saturated heterocycles. The molecule has 176 valence electrons. The first-order valence-corrected chi connectivity index (χ1v) is 11.0. The largest absolute Gasteiger partial charge is 0.490 e. The predicted octanol–water partition coefficient (Wildman–Crippen LogP) is 6.34. The molecule has 0 unspecified atom stereocenters. The summed E-state index contributed by atoms with van der Waals surface area (Å²) < 4.78 is 12.2. The molecule has 12 heteroatoms. The summed E-state index contributed by atoms with van der Waals surface area (Å²) in [6.07, 6.45) is 1.43. The Balaban J connectivity index is 1.81. The quantitative estimate of drug-likeness (QED) is 0.177. The van der Waals surface area contributed by atoms with Crippen LogP contribution in [0, 0.1) is 20.2 Å². The number of halogens is 2. The zero-order valence-corrected chi connectivity index (χ0v) is 20.1. The Bertz CT molecular complexity index is 1250. The van der Waals surface area contributed by atoms with Gasteiger partial charge in [0, 0.05) is 26.7 Å². The molecule has 0 saturated carbocycles. The molecule has 3 rings (SSSR count). The number of nitrogens with one attached hydrogen (secondary N) is 1. The van der Waals surface area contributed by atoms with E-state index in [-0.39, 0.29) is 12.3 Å². The second-order valence-electron chi connectivity index (χ2n) is 6.72. The van der Waals surface area contributed by atoms with Crippen molar-refractivity contribution in [2.45, 2.75) is 13.5 Å². The summed E-state index contributed by atoms with van der Waals surface area (Å²) in [5, 5.41) is 26.8. The lowest BCUT2D eigenvalue weighted by atomic mass is 10.2. The molecule has 0 spiro atoms. The highest BCUT2D eigenvalue weighted by molar-refractivity contribution is 9.10. The van der Waals surface area contributed by atoms with Crippen LogP contribution < -0.4 is 14.9 Å². The molecule has 3 aromatic carbocycles. The van der Waals surface area contributed by atoms with Crippen molar-refractivity contribution >= 4 is 50.8 Å². The number of anilines is 1. The normalized spacial score (nSPS) is 10.8. The molecule has 0 aliphatic carbocycles. The third kappa shape index (κ3) is 6.21. The highest BCUT2D eigenvalue weighted by atomic mass is 79.9. The first-order chi connectivity index (χ1) is 16.3. The van der Waals surface area contributed by atoms with Gasteiger partial charge < -0.3 is 9.47 Å². The average Bonchev–Trinajstić information content (AvgIpc) is 2.80. The number of hydrogen-bond donors (Lipinski definition) is 1. The highest BCUT2D eigenvalue weighted by Gasteiger charge is 2.19. The first kappa shape index (κ1) is 24.9. The molecule has 34 heavy (non-hydrogen) atoms. The van der Waals surface area contributed by atoms with E-state index >= 15 is 0 Å². The summed E-state index contributed by atoms with van der Waals surface area (Å²) in [4.78, 5) is 20.7. The molecule has 10 nitrogen and oxygen atoms in total. The van der Waals surface area contributed by atoms with Crippen LogP contribution in [0.25, 0.3) is 0 Å². The standard InChI is InChI=1S/C22H18BrClN4O6/c1-2-33-21-9-15(17(23)11-22(21)34-13-14-5-3-4-6-18(14)24)12-25-26-19-8-7-16(27(29)30)10-20(19)28(31)32/h3-12,26H,2,13H2,1H3/b25-12+. The molecular formula is C22H18BrClN4O6. The Morgan fingerprint density at radius 1 is 1.06 bits per heavy atom. The van der Waals surface area contributed by atoms with Crippen LogP contribution in [0.1, 0.15) is 18.1 Å². The number of rotatable bonds is 10. The van der Waals surface area contributed by atoms with Gasteiger partial charge in [0.1, 0.15) is 12.3 Å². The van der Waals surface area contributed by atoms with Crippen molar-refractivity contribution in [3.63, 3.8) is 0 Å². The van der Waals surface area contributed by atoms with E-state index in [1.807, 2.05) is 25.1 Å². The smallest absolute Gasteiger partial charge is 0.301 e. The summed E-state index contributed by atoms with van der Waals surface area (Å²) >= 11 is 9.65. The van der Waals surface area contributed by atoms with Crippen LogP contribution in [0.3, 0.4) is 0 Å². The van der Waals surface area contributed by atoms with Gasteiger partial charge in [0.25, 0.3) is 5.69 Å².